The Morgan fingerprint density at radius 1 is 1.50 bits per heavy atom. The molecule has 1 aliphatic heterocycles. The zero-order valence-electron chi connectivity index (χ0n) is 6.90. The van der Waals surface area contributed by atoms with Crippen LogP contribution in [0.1, 0.15) is 19.3 Å². The second kappa shape index (κ2) is 4.09. The van der Waals surface area contributed by atoms with Crippen molar-refractivity contribution < 1.29 is 14.7 Å². The number of carboxylic acid groups (broad SMARTS) is 1. The van der Waals surface area contributed by atoms with Gasteiger partial charge in [-0.25, -0.2) is 0 Å². The van der Waals surface area contributed by atoms with E-state index >= 15 is 0 Å². The van der Waals surface area contributed by atoms with Gasteiger partial charge in [-0.15, -0.1) is 0 Å². The summed E-state index contributed by atoms with van der Waals surface area (Å²) < 4.78 is 0. The van der Waals surface area contributed by atoms with Crippen LogP contribution in [0.15, 0.2) is 0 Å². The lowest BCUT2D eigenvalue weighted by Crippen LogP contribution is -2.30. The second-order valence-corrected chi connectivity index (χ2v) is 3.13. The summed E-state index contributed by atoms with van der Waals surface area (Å²) >= 11 is 0. The minimum Gasteiger partial charge on any atom is -0.481 e. The molecule has 0 aromatic rings. The van der Waals surface area contributed by atoms with Gasteiger partial charge in [0.1, 0.15) is 0 Å². The summed E-state index contributed by atoms with van der Waals surface area (Å²) in [6.07, 6.45) is 3.25. The molecule has 1 amide bonds. The third-order valence-corrected chi connectivity index (χ3v) is 2.20. The highest BCUT2D eigenvalue weighted by molar-refractivity contribution is 5.70. The van der Waals surface area contributed by atoms with Crippen LogP contribution in [0.2, 0.25) is 0 Å². The Labute approximate surface area is 71.2 Å². The normalized spacial score (nSPS) is 24.7. The fraction of sp³-hybridized carbons (Fsp3) is 0.750. The van der Waals surface area contributed by atoms with E-state index in [1.54, 1.807) is 4.90 Å². The average molecular weight is 171 g/mol. The van der Waals surface area contributed by atoms with E-state index < -0.39 is 5.97 Å². The minimum atomic E-state index is -0.788. The molecule has 68 valence electrons. The number of carboxylic acids is 1. The van der Waals surface area contributed by atoms with Crippen LogP contribution in [0, 0.1) is 5.92 Å². The predicted octanol–water partition coefficient (Wildman–Crippen LogP) is 0.329. The molecule has 0 aliphatic carbocycles. The molecule has 1 fully saturated rings. The quantitative estimate of drug-likeness (QED) is 0.609. The smallest absolute Gasteiger partial charge is 0.308 e. The molecule has 1 N–H and O–H groups in total. The first kappa shape index (κ1) is 9.03. The molecular weight excluding hydrogens is 158 g/mol. The highest BCUT2D eigenvalue weighted by Crippen LogP contribution is 2.15. The Balaban J connectivity index is 2.52. The zero-order chi connectivity index (χ0) is 8.97. The van der Waals surface area contributed by atoms with Gasteiger partial charge in [0.05, 0.1) is 5.92 Å². The Morgan fingerprint density at radius 2 is 2.25 bits per heavy atom. The molecule has 0 spiro atoms. The van der Waals surface area contributed by atoms with Crippen molar-refractivity contribution in [1.82, 2.24) is 4.90 Å². The van der Waals surface area contributed by atoms with Crippen molar-refractivity contribution in [3.05, 3.63) is 0 Å². The Morgan fingerprint density at radius 3 is 2.83 bits per heavy atom. The molecular formula is C8H13NO3. The van der Waals surface area contributed by atoms with Gasteiger partial charge >= 0.3 is 5.97 Å². The van der Waals surface area contributed by atoms with Crippen LogP contribution in [0.4, 0.5) is 0 Å². The summed E-state index contributed by atoms with van der Waals surface area (Å²) in [5.41, 5.74) is 0. The van der Waals surface area contributed by atoms with E-state index in [1.807, 2.05) is 0 Å². The topological polar surface area (TPSA) is 57.6 Å². The van der Waals surface area contributed by atoms with Crippen molar-refractivity contribution in [2.24, 2.45) is 5.92 Å². The van der Waals surface area contributed by atoms with Crippen LogP contribution in [0.5, 0.6) is 0 Å². The monoisotopic (exact) mass is 171 g/mol. The highest BCUT2D eigenvalue weighted by atomic mass is 16.4. The van der Waals surface area contributed by atoms with E-state index in [4.69, 9.17) is 5.11 Å². The van der Waals surface area contributed by atoms with Gasteiger partial charge in [0.25, 0.3) is 0 Å². The van der Waals surface area contributed by atoms with Crippen molar-refractivity contribution in [1.29, 1.82) is 0 Å². The van der Waals surface area contributed by atoms with E-state index in [9.17, 15) is 9.59 Å². The van der Waals surface area contributed by atoms with Crippen LogP contribution in [-0.2, 0) is 9.59 Å². The highest BCUT2D eigenvalue weighted by Gasteiger charge is 2.22. The summed E-state index contributed by atoms with van der Waals surface area (Å²) in [4.78, 5) is 22.6. The maximum absolute atomic E-state index is 10.6. The van der Waals surface area contributed by atoms with Crippen molar-refractivity contribution in [2.75, 3.05) is 13.1 Å². The number of carbonyl (C=O) groups excluding carboxylic acids is 1. The van der Waals surface area contributed by atoms with Gasteiger partial charge in [0.2, 0.25) is 6.41 Å². The van der Waals surface area contributed by atoms with E-state index in [1.165, 1.54) is 0 Å². The van der Waals surface area contributed by atoms with Gasteiger partial charge in [-0.05, 0) is 12.8 Å². The number of rotatable bonds is 2. The summed E-state index contributed by atoms with van der Waals surface area (Å²) in [5.74, 6) is -1.15. The molecule has 4 nitrogen and oxygen atoms in total. The van der Waals surface area contributed by atoms with E-state index in [-0.39, 0.29) is 5.92 Å². The molecule has 4 heteroatoms. The number of hydrogen-bond donors (Lipinski definition) is 1. The first-order valence-corrected chi connectivity index (χ1v) is 4.16. The molecule has 12 heavy (non-hydrogen) atoms. The fourth-order valence-electron chi connectivity index (χ4n) is 1.47. The zero-order valence-corrected chi connectivity index (χ0v) is 6.90. The van der Waals surface area contributed by atoms with Gasteiger partial charge in [-0.2, -0.15) is 0 Å². The Bertz CT molecular complexity index is 181. The number of nitrogens with zero attached hydrogens (tertiary/aromatic N) is 1. The number of carbonyl (C=O) groups is 2. The molecule has 1 rings (SSSR count). The predicted molar refractivity (Wildman–Crippen MR) is 42.6 cm³/mol. The van der Waals surface area contributed by atoms with Crippen LogP contribution < -0.4 is 0 Å². The molecule has 1 aliphatic rings. The van der Waals surface area contributed by atoms with Crippen LogP contribution in [0.3, 0.4) is 0 Å². The number of aliphatic carboxylic acids is 1. The largest absolute Gasteiger partial charge is 0.481 e. The lowest BCUT2D eigenvalue weighted by molar-refractivity contribution is -0.142. The number of amides is 1. The van der Waals surface area contributed by atoms with Gasteiger partial charge in [-0.3, -0.25) is 9.59 Å². The van der Waals surface area contributed by atoms with Crippen molar-refractivity contribution in [3.63, 3.8) is 0 Å². The molecule has 0 aromatic carbocycles. The molecule has 1 saturated heterocycles. The van der Waals surface area contributed by atoms with Gasteiger partial charge < -0.3 is 10.0 Å². The van der Waals surface area contributed by atoms with E-state index in [0.29, 0.717) is 19.5 Å². The van der Waals surface area contributed by atoms with Gasteiger partial charge in [-0.1, -0.05) is 6.42 Å². The van der Waals surface area contributed by atoms with Gasteiger partial charge in [0.15, 0.2) is 0 Å². The lowest BCUT2D eigenvalue weighted by Gasteiger charge is -2.16. The van der Waals surface area contributed by atoms with Crippen molar-refractivity contribution in [2.45, 2.75) is 19.3 Å². The summed E-state index contributed by atoms with van der Waals surface area (Å²) in [7, 11) is 0. The van der Waals surface area contributed by atoms with E-state index in [0.717, 1.165) is 19.3 Å². The van der Waals surface area contributed by atoms with Crippen molar-refractivity contribution in [3.8, 4) is 0 Å². The molecule has 0 radical (unpaired) electrons. The molecule has 0 saturated carbocycles. The third-order valence-electron chi connectivity index (χ3n) is 2.20. The summed E-state index contributed by atoms with van der Waals surface area (Å²) in [5, 5.41) is 8.73. The SMILES string of the molecule is O=CN1CCCCC(C(=O)O)C1. The lowest BCUT2D eigenvalue weighted by atomic mass is 10.0. The summed E-state index contributed by atoms with van der Waals surface area (Å²) in [6.45, 7) is 1.08. The van der Waals surface area contributed by atoms with Crippen LogP contribution in [-0.4, -0.2) is 35.5 Å². The van der Waals surface area contributed by atoms with Crippen molar-refractivity contribution >= 4 is 12.4 Å². The Hall–Kier alpha value is -1.06. The third kappa shape index (κ3) is 2.22. The molecule has 0 aromatic heterocycles. The molecule has 1 unspecified atom stereocenters. The Kier molecular flexibility index (Phi) is 3.08. The number of likely N-dealkylation sites (tertiary alicyclic amines) is 1. The molecule has 1 heterocycles. The molecule has 0 bridgehead atoms. The first-order chi connectivity index (χ1) is 5.74. The maximum Gasteiger partial charge on any atom is 0.308 e. The maximum atomic E-state index is 10.6. The number of hydrogen-bond acceptors (Lipinski definition) is 2. The standard InChI is InChI=1S/C8H13NO3/c10-6-9-4-2-1-3-7(5-9)8(11)12/h6-7H,1-5H2,(H,11,12). The first-order valence-electron chi connectivity index (χ1n) is 4.16. The van der Waals surface area contributed by atoms with Crippen LogP contribution >= 0.6 is 0 Å². The molecule has 1 atom stereocenters. The van der Waals surface area contributed by atoms with E-state index in [2.05, 4.69) is 0 Å². The van der Waals surface area contributed by atoms with Crippen LogP contribution in [0.25, 0.3) is 0 Å². The second-order valence-electron chi connectivity index (χ2n) is 3.13. The minimum absolute atomic E-state index is 0.363. The average Bonchev–Trinajstić information content (AvgIpc) is 2.28. The summed E-state index contributed by atoms with van der Waals surface area (Å²) in [6, 6.07) is 0. The fourth-order valence-corrected chi connectivity index (χ4v) is 1.47. The van der Waals surface area contributed by atoms with Gasteiger partial charge in [0, 0.05) is 13.1 Å².